The van der Waals surface area contributed by atoms with Crippen molar-refractivity contribution in [3.63, 3.8) is 0 Å². The van der Waals surface area contributed by atoms with E-state index in [-0.39, 0.29) is 5.82 Å². The van der Waals surface area contributed by atoms with Crippen molar-refractivity contribution in [3.8, 4) is 17.1 Å². The molecule has 0 aliphatic carbocycles. The van der Waals surface area contributed by atoms with Crippen molar-refractivity contribution < 1.29 is 9.53 Å². The van der Waals surface area contributed by atoms with E-state index in [2.05, 4.69) is 25.2 Å². The van der Waals surface area contributed by atoms with Crippen LogP contribution in [0.25, 0.3) is 17.1 Å². The molecule has 0 bridgehead atoms. The van der Waals surface area contributed by atoms with Gasteiger partial charge in [-0.1, -0.05) is 48.5 Å². The number of aromatic nitrogens is 4. The topological polar surface area (TPSA) is 86.3 Å². The van der Waals surface area contributed by atoms with E-state index in [1.165, 1.54) is 0 Å². The van der Waals surface area contributed by atoms with Crippen molar-refractivity contribution in [1.82, 2.24) is 24.8 Å². The number of aryl methyl sites for hydroxylation is 1. The number of nitrogens with one attached hydrogen (secondary N) is 1. The number of para-hydroxylation sites is 1. The summed E-state index contributed by atoms with van der Waals surface area (Å²) in [5.41, 5.74) is 7.31. The minimum atomic E-state index is -0.480. The van der Waals surface area contributed by atoms with Crippen LogP contribution in [0.3, 0.4) is 0 Å². The van der Waals surface area contributed by atoms with Crippen LogP contribution in [-0.2, 0) is 11.3 Å². The van der Waals surface area contributed by atoms with E-state index in [0.717, 1.165) is 34.7 Å². The fourth-order valence-corrected chi connectivity index (χ4v) is 3.63. The van der Waals surface area contributed by atoms with E-state index in [9.17, 15) is 4.79 Å². The second-order valence-electron chi connectivity index (χ2n) is 7.54. The molecule has 0 fully saturated rings. The average molecular weight is 443 g/mol. The molecule has 0 saturated carbocycles. The summed E-state index contributed by atoms with van der Waals surface area (Å²) in [6, 6.07) is 21.3. The summed E-state index contributed by atoms with van der Waals surface area (Å²) in [6.45, 7) is 5.44. The monoisotopic (exact) mass is 442 g/mol. The molecule has 168 valence electrons. The van der Waals surface area contributed by atoms with Crippen LogP contribution in [-0.4, -0.2) is 45.2 Å². The van der Waals surface area contributed by atoms with Crippen molar-refractivity contribution in [1.29, 1.82) is 0 Å². The van der Waals surface area contributed by atoms with Crippen LogP contribution in [0.4, 0.5) is 0 Å². The summed E-state index contributed by atoms with van der Waals surface area (Å²) in [5.74, 6) is 0.143. The Hall–Kier alpha value is -4.04. The molecule has 1 N–H and O–H groups in total. The molecule has 4 rings (SSSR count). The highest BCUT2D eigenvalue weighted by Gasteiger charge is 2.18. The number of ether oxygens (including phenoxy) is 1. The molecule has 0 spiro atoms. The highest BCUT2D eigenvalue weighted by Crippen LogP contribution is 2.21. The molecule has 2 aromatic heterocycles. The largest absolute Gasteiger partial charge is 0.383 e. The molecule has 4 aromatic rings. The molecule has 0 saturated heterocycles. The van der Waals surface area contributed by atoms with E-state index in [4.69, 9.17) is 4.74 Å². The van der Waals surface area contributed by atoms with Crippen molar-refractivity contribution in [2.45, 2.75) is 20.4 Å². The lowest BCUT2D eigenvalue weighted by Gasteiger charge is -2.08. The van der Waals surface area contributed by atoms with Crippen LogP contribution in [0.5, 0.6) is 0 Å². The zero-order valence-electron chi connectivity index (χ0n) is 18.9. The van der Waals surface area contributed by atoms with Crippen molar-refractivity contribution >= 4 is 12.1 Å². The predicted molar refractivity (Wildman–Crippen MR) is 128 cm³/mol. The van der Waals surface area contributed by atoms with Gasteiger partial charge in [0.05, 0.1) is 18.5 Å². The molecule has 8 nitrogen and oxygen atoms in total. The van der Waals surface area contributed by atoms with Gasteiger partial charge < -0.3 is 9.30 Å². The standard InChI is InChI=1S/C25H26N6O2/c1-18-16-21(19(2)30(18)14-15-33-3)17-26-28-25(32)23-27-24(20-10-6-4-7-11-20)31(29-23)22-12-8-5-9-13-22/h4-13,16-17H,14-15H2,1-3H3,(H,28,32)/b26-17+. The second kappa shape index (κ2) is 10.1. The predicted octanol–water partition coefficient (Wildman–Crippen LogP) is 3.76. The molecule has 2 heterocycles. The van der Waals surface area contributed by atoms with E-state index < -0.39 is 5.91 Å². The molecule has 0 aliphatic rings. The van der Waals surface area contributed by atoms with Gasteiger partial charge in [-0.05, 0) is 32.0 Å². The van der Waals surface area contributed by atoms with Crippen molar-refractivity contribution in [2.24, 2.45) is 5.10 Å². The Bertz CT molecular complexity index is 1200. The summed E-state index contributed by atoms with van der Waals surface area (Å²) in [6.07, 6.45) is 1.63. The number of hydrogen-bond acceptors (Lipinski definition) is 5. The average Bonchev–Trinajstić information content (AvgIpc) is 3.40. The fraction of sp³-hybridized carbons (Fsp3) is 0.200. The molecule has 0 atom stereocenters. The van der Waals surface area contributed by atoms with Crippen LogP contribution in [0.15, 0.2) is 71.8 Å². The van der Waals surface area contributed by atoms with Crippen LogP contribution in [0.2, 0.25) is 0 Å². The lowest BCUT2D eigenvalue weighted by atomic mass is 10.2. The molecule has 2 aromatic carbocycles. The van der Waals surface area contributed by atoms with Gasteiger partial charge in [0, 0.05) is 36.2 Å². The van der Waals surface area contributed by atoms with Crippen LogP contribution in [0, 0.1) is 13.8 Å². The number of amides is 1. The number of carbonyl (C=O) groups is 1. The van der Waals surface area contributed by atoms with Gasteiger partial charge in [-0.15, -0.1) is 5.10 Å². The Morgan fingerprint density at radius 1 is 1.09 bits per heavy atom. The highest BCUT2D eigenvalue weighted by molar-refractivity contribution is 5.92. The number of hydrazone groups is 1. The van der Waals surface area contributed by atoms with Crippen molar-refractivity contribution in [3.05, 3.63) is 89.5 Å². The summed E-state index contributed by atoms with van der Waals surface area (Å²) >= 11 is 0. The third kappa shape index (κ3) is 4.91. The minimum absolute atomic E-state index is 0.0421. The van der Waals surface area contributed by atoms with E-state index >= 15 is 0 Å². The van der Waals surface area contributed by atoms with Gasteiger partial charge in [0.15, 0.2) is 5.82 Å². The van der Waals surface area contributed by atoms with Gasteiger partial charge in [0.2, 0.25) is 5.82 Å². The third-order valence-corrected chi connectivity index (χ3v) is 5.34. The van der Waals surface area contributed by atoms with Gasteiger partial charge in [0.25, 0.3) is 0 Å². The molecular formula is C25H26N6O2. The number of carbonyl (C=O) groups excluding carboxylic acids is 1. The van der Waals surface area contributed by atoms with Gasteiger partial charge in [-0.3, -0.25) is 4.79 Å². The Morgan fingerprint density at radius 3 is 2.48 bits per heavy atom. The lowest BCUT2D eigenvalue weighted by molar-refractivity contribution is 0.0945. The van der Waals surface area contributed by atoms with Crippen LogP contribution < -0.4 is 5.43 Å². The zero-order chi connectivity index (χ0) is 23.2. The maximum Gasteiger partial charge on any atom is 0.311 e. The number of benzene rings is 2. The molecule has 0 aliphatic heterocycles. The van der Waals surface area contributed by atoms with Gasteiger partial charge >= 0.3 is 5.91 Å². The summed E-state index contributed by atoms with van der Waals surface area (Å²) in [5, 5.41) is 8.59. The number of nitrogens with zero attached hydrogens (tertiary/aromatic N) is 5. The van der Waals surface area contributed by atoms with E-state index in [1.807, 2.05) is 80.6 Å². The molecule has 0 radical (unpaired) electrons. The summed E-state index contributed by atoms with van der Waals surface area (Å²) in [4.78, 5) is 17.3. The number of hydrogen-bond donors (Lipinski definition) is 1. The normalized spacial score (nSPS) is 11.2. The highest BCUT2D eigenvalue weighted by atomic mass is 16.5. The Balaban J connectivity index is 1.56. The second-order valence-corrected chi connectivity index (χ2v) is 7.54. The van der Waals surface area contributed by atoms with Gasteiger partial charge in [-0.2, -0.15) is 5.10 Å². The van der Waals surface area contributed by atoms with Gasteiger partial charge in [-0.25, -0.2) is 15.1 Å². The Morgan fingerprint density at radius 2 is 1.79 bits per heavy atom. The minimum Gasteiger partial charge on any atom is -0.383 e. The maximum atomic E-state index is 12.8. The maximum absolute atomic E-state index is 12.8. The number of methoxy groups -OCH3 is 1. The first-order valence-electron chi connectivity index (χ1n) is 10.7. The van der Waals surface area contributed by atoms with E-state index in [1.54, 1.807) is 18.0 Å². The summed E-state index contributed by atoms with van der Waals surface area (Å²) < 4.78 is 8.99. The fourth-order valence-electron chi connectivity index (χ4n) is 3.63. The quantitative estimate of drug-likeness (QED) is 0.333. The Labute approximate surface area is 192 Å². The molecule has 33 heavy (non-hydrogen) atoms. The SMILES string of the molecule is COCCn1c(C)cc(/C=N/NC(=O)c2nc(-c3ccccc3)n(-c3ccccc3)n2)c1C. The Kier molecular flexibility index (Phi) is 6.75. The third-order valence-electron chi connectivity index (χ3n) is 5.34. The van der Waals surface area contributed by atoms with Gasteiger partial charge in [0.1, 0.15) is 0 Å². The zero-order valence-corrected chi connectivity index (χ0v) is 18.9. The number of rotatable bonds is 8. The van der Waals surface area contributed by atoms with Crippen molar-refractivity contribution in [2.75, 3.05) is 13.7 Å². The van der Waals surface area contributed by atoms with Crippen LogP contribution in [0.1, 0.15) is 27.6 Å². The molecule has 1 amide bonds. The molecule has 0 unspecified atom stereocenters. The van der Waals surface area contributed by atoms with Crippen LogP contribution >= 0.6 is 0 Å². The molecule has 8 heteroatoms. The smallest absolute Gasteiger partial charge is 0.311 e. The first-order chi connectivity index (χ1) is 16.1. The first kappa shape index (κ1) is 22.2. The van der Waals surface area contributed by atoms with E-state index in [0.29, 0.717) is 12.4 Å². The molecular weight excluding hydrogens is 416 g/mol. The summed E-state index contributed by atoms with van der Waals surface area (Å²) in [7, 11) is 1.68. The first-order valence-corrected chi connectivity index (χ1v) is 10.7. The lowest BCUT2D eigenvalue weighted by Crippen LogP contribution is -2.19.